The van der Waals surface area contributed by atoms with Crippen molar-refractivity contribution in [2.45, 2.75) is 26.5 Å². The van der Waals surface area contributed by atoms with Crippen LogP contribution in [0.4, 0.5) is 5.69 Å². The van der Waals surface area contributed by atoms with Gasteiger partial charge in [-0.1, -0.05) is 36.2 Å². The Bertz CT molecular complexity index is 633. The van der Waals surface area contributed by atoms with Crippen molar-refractivity contribution in [1.29, 1.82) is 0 Å². The lowest BCUT2D eigenvalue weighted by Gasteiger charge is -2.10. The lowest BCUT2D eigenvalue weighted by Crippen LogP contribution is -2.12. The van der Waals surface area contributed by atoms with Gasteiger partial charge in [0.1, 0.15) is 12.3 Å². The number of nitrogens with two attached hydrogens (primary N) is 1. The van der Waals surface area contributed by atoms with Crippen molar-refractivity contribution in [3.05, 3.63) is 51.8 Å². The molecule has 0 aliphatic rings. The summed E-state index contributed by atoms with van der Waals surface area (Å²) in [6.45, 7) is 2.75. The zero-order valence-corrected chi connectivity index (χ0v) is 13.1. The lowest BCUT2D eigenvalue weighted by molar-refractivity contribution is 0.0460. The summed E-state index contributed by atoms with van der Waals surface area (Å²) in [5.41, 5.74) is 7.29. The van der Waals surface area contributed by atoms with Gasteiger partial charge in [-0.2, -0.15) is 0 Å². The van der Waals surface area contributed by atoms with Gasteiger partial charge in [-0.05, 0) is 24.6 Å². The van der Waals surface area contributed by atoms with Gasteiger partial charge in [0.2, 0.25) is 0 Å². The number of ether oxygens (including phenoxy) is 1. The van der Waals surface area contributed by atoms with Gasteiger partial charge in [0, 0.05) is 28.4 Å². The van der Waals surface area contributed by atoms with E-state index in [0.29, 0.717) is 33.5 Å². The Kier molecular flexibility index (Phi) is 5.15. The molecule has 0 saturated carbocycles. The van der Waals surface area contributed by atoms with E-state index in [1.54, 1.807) is 35.0 Å². The first kappa shape index (κ1) is 15.7. The smallest absolute Gasteiger partial charge is 0.355 e. The number of nitrogens with zero attached hydrogens (tertiary/aromatic N) is 1. The summed E-state index contributed by atoms with van der Waals surface area (Å²) in [6.07, 6.45) is 2.62. The number of rotatable bonds is 5. The van der Waals surface area contributed by atoms with Gasteiger partial charge in [-0.15, -0.1) is 0 Å². The Hall–Kier alpha value is -1.65. The van der Waals surface area contributed by atoms with Gasteiger partial charge in [-0.25, -0.2) is 4.79 Å². The van der Waals surface area contributed by atoms with Crippen LogP contribution in [0.25, 0.3) is 0 Å². The van der Waals surface area contributed by atoms with Crippen molar-refractivity contribution in [2.24, 2.45) is 0 Å². The van der Waals surface area contributed by atoms with E-state index in [-0.39, 0.29) is 6.61 Å². The predicted molar refractivity (Wildman–Crippen MR) is 84.7 cm³/mol. The highest BCUT2D eigenvalue weighted by atomic mass is 35.5. The molecule has 0 atom stereocenters. The first-order valence-corrected chi connectivity index (χ1v) is 7.34. The maximum atomic E-state index is 12.2. The molecule has 0 bridgehead atoms. The fraction of sp³-hybridized carbons (Fsp3) is 0.267. The third-order valence-electron chi connectivity index (χ3n) is 3.00. The highest BCUT2D eigenvalue weighted by Crippen LogP contribution is 2.25. The average molecular weight is 327 g/mol. The monoisotopic (exact) mass is 326 g/mol. The van der Waals surface area contributed by atoms with Gasteiger partial charge in [-0.3, -0.25) is 0 Å². The Labute approximate surface area is 133 Å². The molecule has 0 amide bonds. The number of hydrogen-bond acceptors (Lipinski definition) is 3. The molecule has 0 unspecified atom stereocenters. The highest BCUT2D eigenvalue weighted by molar-refractivity contribution is 6.35. The first-order valence-electron chi connectivity index (χ1n) is 6.58. The number of aryl methyl sites for hydroxylation is 1. The first-order chi connectivity index (χ1) is 10.0. The Morgan fingerprint density at radius 3 is 2.62 bits per heavy atom. The number of benzene rings is 1. The van der Waals surface area contributed by atoms with E-state index < -0.39 is 5.97 Å². The molecular formula is C15H16Cl2N2O2. The molecule has 1 aromatic heterocycles. The molecule has 6 heteroatoms. The van der Waals surface area contributed by atoms with E-state index in [1.165, 1.54) is 0 Å². The Morgan fingerprint density at radius 2 is 2.00 bits per heavy atom. The van der Waals surface area contributed by atoms with Crippen molar-refractivity contribution in [2.75, 3.05) is 5.73 Å². The van der Waals surface area contributed by atoms with Crippen LogP contribution in [0.1, 0.15) is 29.4 Å². The van der Waals surface area contributed by atoms with E-state index >= 15 is 0 Å². The molecule has 0 radical (unpaired) electrons. The topological polar surface area (TPSA) is 57.2 Å². The van der Waals surface area contributed by atoms with E-state index in [0.717, 1.165) is 6.42 Å². The van der Waals surface area contributed by atoms with Crippen LogP contribution in [-0.2, 0) is 17.9 Å². The molecule has 2 aromatic rings. The van der Waals surface area contributed by atoms with Gasteiger partial charge in [0.25, 0.3) is 0 Å². The highest BCUT2D eigenvalue weighted by Gasteiger charge is 2.15. The lowest BCUT2D eigenvalue weighted by atomic mass is 10.2. The van der Waals surface area contributed by atoms with Gasteiger partial charge >= 0.3 is 5.97 Å². The average Bonchev–Trinajstić information content (AvgIpc) is 2.79. The predicted octanol–water partition coefficient (Wildman–Crippen LogP) is 4.14. The molecule has 112 valence electrons. The summed E-state index contributed by atoms with van der Waals surface area (Å²) in [5, 5.41) is 0.942. The summed E-state index contributed by atoms with van der Waals surface area (Å²) in [7, 11) is 0. The molecule has 0 saturated heterocycles. The summed E-state index contributed by atoms with van der Waals surface area (Å²) in [5.74, 6) is -0.448. The van der Waals surface area contributed by atoms with E-state index in [4.69, 9.17) is 33.7 Å². The molecule has 2 N–H and O–H groups in total. The molecule has 0 aliphatic carbocycles. The number of hydrogen-bond donors (Lipinski definition) is 1. The molecule has 0 spiro atoms. The van der Waals surface area contributed by atoms with Crippen LogP contribution in [-0.4, -0.2) is 10.5 Å². The molecule has 1 aromatic carbocycles. The minimum atomic E-state index is -0.448. The van der Waals surface area contributed by atoms with Crippen molar-refractivity contribution in [3.63, 3.8) is 0 Å². The second-order valence-corrected chi connectivity index (χ2v) is 5.44. The van der Waals surface area contributed by atoms with Crippen LogP contribution >= 0.6 is 23.2 Å². The molecule has 4 nitrogen and oxygen atoms in total. The summed E-state index contributed by atoms with van der Waals surface area (Å²) in [6, 6.07) is 6.75. The number of aromatic nitrogens is 1. The number of carbonyl (C=O) groups excluding carboxylic acids is 1. The third kappa shape index (κ3) is 3.71. The maximum absolute atomic E-state index is 12.2. The molecular weight excluding hydrogens is 311 g/mol. The van der Waals surface area contributed by atoms with E-state index in [1.807, 2.05) is 6.92 Å². The van der Waals surface area contributed by atoms with Crippen LogP contribution in [0.15, 0.2) is 30.5 Å². The van der Waals surface area contributed by atoms with Crippen LogP contribution in [0.3, 0.4) is 0 Å². The maximum Gasteiger partial charge on any atom is 0.355 e. The van der Waals surface area contributed by atoms with Crippen LogP contribution in [0.2, 0.25) is 10.0 Å². The molecule has 1 heterocycles. The number of halogens is 2. The number of esters is 1. The minimum Gasteiger partial charge on any atom is -0.456 e. The van der Waals surface area contributed by atoms with Crippen LogP contribution in [0, 0.1) is 0 Å². The number of carbonyl (C=O) groups is 1. The summed E-state index contributed by atoms with van der Waals surface area (Å²) in [4.78, 5) is 12.2. The Morgan fingerprint density at radius 1 is 1.33 bits per heavy atom. The largest absolute Gasteiger partial charge is 0.456 e. The number of nitrogen functional groups attached to an aromatic ring is 1. The van der Waals surface area contributed by atoms with Crippen LogP contribution in [0.5, 0.6) is 0 Å². The molecule has 0 aliphatic heterocycles. The van der Waals surface area contributed by atoms with Crippen molar-refractivity contribution >= 4 is 34.9 Å². The normalized spacial score (nSPS) is 10.6. The standard InChI is InChI=1S/C15H16Cl2N2O2/c1-2-6-19-8-10(18)7-14(19)15(20)21-9-11-12(16)4-3-5-13(11)17/h3-5,7-8H,2,6,9,18H2,1H3. The van der Waals surface area contributed by atoms with Gasteiger partial charge < -0.3 is 15.0 Å². The SMILES string of the molecule is CCCn1cc(N)cc1C(=O)OCc1c(Cl)cccc1Cl. The quantitative estimate of drug-likeness (QED) is 0.840. The second-order valence-electron chi connectivity index (χ2n) is 4.63. The van der Waals surface area contributed by atoms with Crippen molar-refractivity contribution in [3.8, 4) is 0 Å². The van der Waals surface area contributed by atoms with Gasteiger partial charge in [0.15, 0.2) is 0 Å². The summed E-state index contributed by atoms with van der Waals surface area (Å²) < 4.78 is 7.08. The Balaban J connectivity index is 2.12. The van der Waals surface area contributed by atoms with E-state index in [2.05, 4.69) is 0 Å². The van der Waals surface area contributed by atoms with Crippen molar-refractivity contribution in [1.82, 2.24) is 4.57 Å². The minimum absolute atomic E-state index is 0.0224. The van der Waals surface area contributed by atoms with Gasteiger partial charge in [0.05, 0.1) is 5.69 Å². The second kappa shape index (κ2) is 6.87. The summed E-state index contributed by atoms with van der Waals surface area (Å²) >= 11 is 12.1. The molecule has 0 fully saturated rings. The fourth-order valence-electron chi connectivity index (χ4n) is 2.01. The molecule has 2 rings (SSSR count). The zero-order chi connectivity index (χ0) is 15.4. The third-order valence-corrected chi connectivity index (χ3v) is 3.71. The fourth-order valence-corrected chi connectivity index (χ4v) is 2.52. The zero-order valence-electron chi connectivity index (χ0n) is 11.6. The molecule has 21 heavy (non-hydrogen) atoms. The van der Waals surface area contributed by atoms with Crippen LogP contribution < -0.4 is 5.73 Å². The van der Waals surface area contributed by atoms with E-state index in [9.17, 15) is 4.79 Å². The number of anilines is 1. The van der Waals surface area contributed by atoms with Crippen molar-refractivity contribution < 1.29 is 9.53 Å².